The monoisotopic (exact) mass is 591 g/mol. The van der Waals surface area contributed by atoms with E-state index in [1.54, 1.807) is 61.7 Å². The molecule has 3 aromatic rings. The molecule has 224 valence electrons. The maximum atomic E-state index is 14.2. The average Bonchev–Trinajstić information content (AvgIpc) is 3.00. The van der Waals surface area contributed by atoms with Gasteiger partial charge in [-0.2, -0.15) is 0 Å². The molecule has 4 rings (SSSR count). The number of hydrogen-bond acceptors (Lipinski definition) is 5. The number of ether oxygens (including phenoxy) is 1. The molecule has 0 saturated heterocycles. The van der Waals surface area contributed by atoms with Crippen LogP contribution in [0, 0.1) is 6.92 Å². The van der Waals surface area contributed by atoms with Crippen LogP contribution in [0.15, 0.2) is 83.8 Å². The number of sulfonamides is 1. The number of methoxy groups -OCH3 is 1. The van der Waals surface area contributed by atoms with E-state index in [0.717, 1.165) is 47.5 Å². The summed E-state index contributed by atoms with van der Waals surface area (Å²) in [5, 5.41) is 3.17. The number of benzene rings is 3. The number of hydrogen-bond donors (Lipinski definition) is 1. The molecule has 1 unspecified atom stereocenters. The third kappa shape index (κ3) is 7.70. The first-order chi connectivity index (χ1) is 20.2. The summed E-state index contributed by atoms with van der Waals surface area (Å²) in [6.07, 6.45) is 5.51. The first-order valence-electron chi connectivity index (χ1n) is 14.6. The van der Waals surface area contributed by atoms with Crippen molar-refractivity contribution in [1.82, 2.24) is 10.2 Å². The summed E-state index contributed by atoms with van der Waals surface area (Å²) < 4.78 is 34.4. The molecule has 8 nitrogen and oxygen atoms in total. The van der Waals surface area contributed by atoms with Gasteiger partial charge >= 0.3 is 0 Å². The second kappa shape index (κ2) is 14.4. The molecule has 1 N–H and O–H groups in total. The standard InChI is InChI=1S/C33H41N3O5S/c1-4-31(33(38)34-27-13-7-5-8-14-27)35(23-26-12-11-17-29(22-26)41-3)32(37)24-36(28-15-9-6-10-16-28)42(39,40)30-20-18-25(2)19-21-30/h6,9-12,15-22,27,31H,4-5,7-8,13-14,23-24H2,1-3H3,(H,34,38). The van der Waals surface area contributed by atoms with Gasteiger partial charge in [0.2, 0.25) is 11.8 Å². The zero-order chi connectivity index (χ0) is 30.1. The van der Waals surface area contributed by atoms with Gasteiger partial charge < -0.3 is 15.0 Å². The Morgan fingerprint density at radius 1 is 0.952 bits per heavy atom. The lowest BCUT2D eigenvalue weighted by Crippen LogP contribution is -2.54. The van der Waals surface area contributed by atoms with Gasteiger partial charge in [-0.1, -0.05) is 74.2 Å². The minimum atomic E-state index is -4.09. The van der Waals surface area contributed by atoms with Gasteiger partial charge in [-0.25, -0.2) is 8.42 Å². The van der Waals surface area contributed by atoms with Crippen LogP contribution in [0.4, 0.5) is 5.69 Å². The second-order valence-corrected chi connectivity index (χ2v) is 12.7. The van der Waals surface area contributed by atoms with E-state index in [9.17, 15) is 18.0 Å². The van der Waals surface area contributed by atoms with Crippen molar-refractivity contribution in [2.45, 2.75) is 75.9 Å². The Balaban J connectivity index is 1.69. The van der Waals surface area contributed by atoms with Crippen molar-refractivity contribution in [2.75, 3.05) is 18.0 Å². The summed E-state index contributed by atoms with van der Waals surface area (Å²) in [7, 11) is -2.52. The van der Waals surface area contributed by atoms with Crippen LogP contribution < -0.4 is 14.4 Å². The normalized spacial score (nSPS) is 14.5. The largest absolute Gasteiger partial charge is 0.497 e. The average molecular weight is 592 g/mol. The van der Waals surface area contributed by atoms with E-state index in [1.807, 2.05) is 38.1 Å². The fourth-order valence-corrected chi connectivity index (χ4v) is 6.81. The SMILES string of the molecule is CCC(C(=O)NC1CCCCC1)N(Cc1cccc(OC)c1)C(=O)CN(c1ccccc1)S(=O)(=O)c1ccc(C)cc1. The smallest absolute Gasteiger partial charge is 0.264 e. The zero-order valence-electron chi connectivity index (χ0n) is 24.7. The van der Waals surface area contributed by atoms with E-state index in [-0.39, 0.29) is 23.4 Å². The summed E-state index contributed by atoms with van der Waals surface area (Å²) in [6.45, 7) is 3.42. The van der Waals surface area contributed by atoms with E-state index < -0.39 is 28.5 Å². The molecule has 2 amide bonds. The summed E-state index contributed by atoms with van der Waals surface area (Å²) in [5.74, 6) is -0.0521. The van der Waals surface area contributed by atoms with E-state index in [0.29, 0.717) is 17.9 Å². The molecule has 0 aromatic heterocycles. The highest BCUT2D eigenvalue weighted by molar-refractivity contribution is 7.92. The molecule has 42 heavy (non-hydrogen) atoms. The lowest BCUT2D eigenvalue weighted by molar-refractivity contribution is -0.140. The predicted molar refractivity (Wildman–Crippen MR) is 165 cm³/mol. The van der Waals surface area contributed by atoms with Crippen LogP contribution in [0.3, 0.4) is 0 Å². The van der Waals surface area contributed by atoms with Gasteiger partial charge in [-0.15, -0.1) is 0 Å². The Morgan fingerprint density at radius 2 is 1.64 bits per heavy atom. The van der Waals surface area contributed by atoms with Gasteiger partial charge in [0.05, 0.1) is 17.7 Å². The highest BCUT2D eigenvalue weighted by Crippen LogP contribution is 2.26. The van der Waals surface area contributed by atoms with E-state index in [2.05, 4.69) is 5.32 Å². The lowest BCUT2D eigenvalue weighted by Gasteiger charge is -2.34. The fraction of sp³-hybridized carbons (Fsp3) is 0.394. The third-order valence-corrected chi connectivity index (χ3v) is 9.54. The predicted octanol–water partition coefficient (Wildman–Crippen LogP) is 5.46. The van der Waals surface area contributed by atoms with Crippen molar-refractivity contribution in [1.29, 1.82) is 0 Å². The van der Waals surface area contributed by atoms with Crippen LogP contribution >= 0.6 is 0 Å². The maximum Gasteiger partial charge on any atom is 0.264 e. The fourth-order valence-electron chi connectivity index (χ4n) is 5.39. The molecule has 0 radical (unpaired) electrons. The van der Waals surface area contributed by atoms with Crippen LogP contribution in [0.2, 0.25) is 0 Å². The van der Waals surface area contributed by atoms with E-state index >= 15 is 0 Å². The molecule has 1 fully saturated rings. The number of nitrogens with one attached hydrogen (secondary N) is 1. The van der Waals surface area contributed by atoms with Crippen molar-refractivity contribution in [2.24, 2.45) is 0 Å². The molecular weight excluding hydrogens is 550 g/mol. The lowest BCUT2D eigenvalue weighted by atomic mass is 9.95. The maximum absolute atomic E-state index is 14.2. The van der Waals surface area contributed by atoms with Crippen LogP contribution in [-0.2, 0) is 26.2 Å². The third-order valence-electron chi connectivity index (χ3n) is 7.76. The molecule has 1 aliphatic carbocycles. The van der Waals surface area contributed by atoms with Crippen molar-refractivity contribution in [3.8, 4) is 5.75 Å². The number of rotatable bonds is 12. The van der Waals surface area contributed by atoms with Crippen LogP contribution in [0.5, 0.6) is 5.75 Å². The Kier molecular flexibility index (Phi) is 10.6. The Bertz CT molecular complexity index is 1440. The van der Waals surface area contributed by atoms with Crippen LogP contribution in [-0.4, -0.2) is 50.9 Å². The van der Waals surface area contributed by atoms with Crippen molar-refractivity contribution < 1.29 is 22.7 Å². The highest BCUT2D eigenvalue weighted by atomic mass is 32.2. The molecule has 1 saturated carbocycles. The summed E-state index contributed by atoms with van der Waals surface area (Å²) in [6, 6.07) is 21.8. The summed E-state index contributed by atoms with van der Waals surface area (Å²) >= 11 is 0. The Labute approximate surface area is 249 Å². The Hall–Kier alpha value is -3.85. The molecule has 0 aliphatic heterocycles. The second-order valence-electron chi connectivity index (χ2n) is 10.8. The molecule has 0 spiro atoms. The molecular formula is C33H41N3O5S. The molecule has 3 aromatic carbocycles. The Morgan fingerprint density at radius 3 is 2.29 bits per heavy atom. The zero-order valence-corrected chi connectivity index (χ0v) is 25.5. The van der Waals surface area contributed by atoms with Gasteiger partial charge in [0.15, 0.2) is 0 Å². The quantitative estimate of drug-likeness (QED) is 0.302. The molecule has 0 bridgehead atoms. The van der Waals surface area contributed by atoms with Gasteiger partial charge in [0, 0.05) is 12.6 Å². The topological polar surface area (TPSA) is 96.0 Å². The van der Waals surface area contributed by atoms with Crippen molar-refractivity contribution in [3.05, 3.63) is 90.0 Å². The molecule has 9 heteroatoms. The number of carbonyl (C=O) groups excluding carboxylic acids is 2. The number of anilines is 1. The van der Waals surface area contributed by atoms with Gasteiger partial charge in [-0.3, -0.25) is 13.9 Å². The van der Waals surface area contributed by atoms with Gasteiger partial charge in [-0.05, 0) is 68.1 Å². The molecule has 0 heterocycles. The van der Waals surface area contributed by atoms with E-state index in [1.165, 1.54) is 4.90 Å². The minimum Gasteiger partial charge on any atom is -0.497 e. The number of nitrogens with zero attached hydrogens (tertiary/aromatic N) is 2. The van der Waals surface area contributed by atoms with Crippen molar-refractivity contribution >= 4 is 27.5 Å². The summed E-state index contributed by atoms with van der Waals surface area (Å²) in [5.41, 5.74) is 2.07. The van der Waals surface area contributed by atoms with Gasteiger partial charge in [0.25, 0.3) is 10.0 Å². The molecule has 1 atom stereocenters. The molecule has 1 aliphatic rings. The van der Waals surface area contributed by atoms with Gasteiger partial charge in [0.1, 0.15) is 18.3 Å². The minimum absolute atomic E-state index is 0.0804. The van der Waals surface area contributed by atoms with Crippen LogP contribution in [0.1, 0.15) is 56.6 Å². The number of amides is 2. The number of para-hydroxylation sites is 1. The van der Waals surface area contributed by atoms with Crippen molar-refractivity contribution in [3.63, 3.8) is 0 Å². The summed E-state index contributed by atoms with van der Waals surface area (Å²) in [4.78, 5) is 29.5. The number of aryl methyl sites for hydroxylation is 1. The first-order valence-corrected chi connectivity index (χ1v) is 16.0. The number of carbonyl (C=O) groups is 2. The van der Waals surface area contributed by atoms with Crippen LogP contribution in [0.25, 0.3) is 0 Å². The highest BCUT2D eigenvalue weighted by Gasteiger charge is 2.34. The first kappa shape index (κ1) is 31.1. The van der Waals surface area contributed by atoms with E-state index in [4.69, 9.17) is 4.74 Å².